The summed E-state index contributed by atoms with van der Waals surface area (Å²) in [6.45, 7) is 8.84. The summed E-state index contributed by atoms with van der Waals surface area (Å²) in [5.41, 5.74) is 4.74. The summed E-state index contributed by atoms with van der Waals surface area (Å²) < 4.78 is 3.25. The van der Waals surface area contributed by atoms with Crippen LogP contribution in [0.2, 0.25) is 0 Å². The number of unbranched alkanes of at least 4 members (excludes halogenated alkanes) is 1. The van der Waals surface area contributed by atoms with Gasteiger partial charge < -0.3 is 4.57 Å². The Morgan fingerprint density at radius 2 is 1.82 bits per heavy atom. The molecule has 3 nitrogen and oxygen atoms in total. The average Bonchev–Trinajstić information content (AvgIpc) is 3.03. The molecule has 146 valence electrons. The first-order chi connectivity index (χ1) is 13.6. The summed E-state index contributed by atoms with van der Waals surface area (Å²) in [7, 11) is 0. The molecule has 0 N–H and O–H groups in total. The number of hydrogen-bond acceptors (Lipinski definition) is 2. The van der Waals surface area contributed by atoms with Gasteiger partial charge in [0.1, 0.15) is 0 Å². The van der Waals surface area contributed by atoms with E-state index in [4.69, 9.17) is 0 Å². The minimum atomic E-state index is -0.111. The molecule has 1 heterocycles. The van der Waals surface area contributed by atoms with Crippen LogP contribution in [0, 0.1) is 0 Å². The van der Waals surface area contributed by atoms with Crippen LogP contribution in [0.1, 0.15) is 43.4 Å². The van der Waals surface area contributed by atoms with E-state index in [2.05, 4.69) is 60.3 Å². The van der Waals surface area contributed by atoms with Crippen LogP contribution in [0.4, 0.5) is 0 Å². The minimum Gasteiger partial charge on any atom is -0.313 e. The Labute approximate surface area is 171 Å². The molecule has 1 aromatic heterocycles. The first kappa shape index (κ1) is 20.3. The number of hydrogen-bond donors (Lipinski definition) is 0. The first-order valence-corrected chi connectivity index (χ1v) is 10.8. The van der Waals surface area contributed by atoms with Crippen molar-refractivity contribution in [2.45, 2.75) is 52.5 Å². The Bertz CT molecular complexity index is 1020. The predicted molar refractivity (Wildman–Crippen MR) is 119 cm³/mol. The molecule has 28 heavy (non-hydrogen) atoms. The molecule has 0 spiro atoms. The van der Waals surface area contributed by atoms with Gasteiger partial charge in [0.15, 0.2) is 4.80 Å². The van der Waals surface area contributed by atoms with Gasteiger partial charge in [-0.15, -0.1) is 6.58 Å². The van der Waals surface area contributed by atoms with Crippen molar-refractivity contribution in [3.63, 3.8) is 0 Å². The molecule has 0 saturated carbocycles. The van der Waals surface area contributed by atoms with Gasteiger partial charge >= 0.3 is 0 Å². The maximum Gasteiger partial charge on any atom is 0.252 e. The highest BCUT2D eigenvalue weighted by molar-refractivity contribution is 7.16. The van der Waals surface area contributed by atoms with Gasteiger partial charge in [-0.05, 0) is 48.1 Å². The fourth-order valence-electron chi connectivity index (χ4n) is 3.26. The van der Waals surface area contributed by atoms with Crippen LogP contribution in [0.3, 0.4) is 0 Å². The number of benzene rings is 2. The zero-order chi connectivity index (χ0) is 19.9. The standard InChI is InChI=1S/C24H28N2OS/c1-4-7-8-19-13-14-21-22(16-19)28-24(26(21)15-5-2)25-23(27)17-20-11-9-18(6-3)10-12-20/h5,9-14,16H,2,4,6-8,15,17H2,1,3H3. The van der Waals surface area contributed by atoms with Crippen LogP contribution >= 0.6 is 11.3 Å². The van der Waals surface area contributed by atoms with E-state index in [1.807, 2.05) is 18.2 Å². The van der Waals surface area contributed by atoms with Crippen LogP contribution in [-0.4, -0.2) is 10.5 Å². The predicted octanol–water partition coefficient (Wildman–Crippen LogP) is 5.46. The third-order valence-corrected chi connectivity index (χ3v) is 5.93. The number of aryl methyl sites for hydroxylation is 2. The van der Waals surface area contributed by atoms with Crippen LogP contribution in [0.5, 0.6) is 0 Å². The molecule has 3 rings (SSSR count). The van der Waals surface area contributed by atoms with Crippen LogP contribution in [0.25, 0.3) is 10.2 Å². The molecule has 0 radical (unpaired) electrons. The summed E-state index contributed by atoms with van der Waals surface area (Å²) in [5.74, 6) is -0.111. The van der Waals surface area contributed by atoms with E-state index < -0.39 is 0 Å². The lowest BCUT2D eigenvalue weighted by Crippen LogP contribution is -2.16. The van der Waals surface area contributed by atoms with E-state index in [-0.39, 0.29) is 5.91 Å². The van der Waals surface area contributed by atoms with Crippen molar-refractivity contribution in [2.24, 2.45) is 4.99 Å². The summed E-state index contributed by atoms with van der Waals surface area (Å²) in [6, 6.07) is 14.8. The number of allylic oxidation sites excluding steroid dienone is 1. The van der Waals surface area contributed by atoms with Crippen molar-refractivity contribution < 1.29 is 4.79 Å². The lowest BCUT2D eigenvalue weighted by atomic mass is 10.1. The van der Waals surface area contributed by atoms with Crippen molar-refractivity contribution >= 4 is 27.5 Å². The third kappa shape index (κ3) is 4.87. The zero-order valence-electron chi connectivity index (χ0n) is 16.8. The maximum atomic E-state index is 12.6. The van der Waals surface area contributed by atoms with E-state index in [0.717, 1.165) is 28.7 Å². The van der Waals surface area contributed by atoms with Gasteiger partial charge in [-0.3, -0.25) is 4.79 Å². The van der Waals surface area contributed by atoms with Crippen molar-refractivity contribution in [1.82, 2.24) is 4.57 Å². The number of fused-ring (bicyclic) bond motifs is 1. The lowest BCUT2D eigenvalue weighted by molar-refractivity contribution is -0.117. The van der Waals surface area contributed by atoms with Gasteiger partial charge in [-0.25, -0.2) is 0 Å². The largest absolute Gasteiger partial charge is 0.313 e. The summed E-state index contributed by atoms with van der Waals surface area (Å²) in [5, 5.41) is 0. The average molecular weight is 393 g/mol. The minimum absolute atomic E-state index is 0.111. The van der Waals surface area contributed by atoms with Crippen molar-refractivity contribution in [3.05, 3.63) is 76.6 Å². The highest BCUT2D eigenvalue weighted by Gasteiger charge is 2.09. The first-order valence-electron chi connectivity index (χ1n) is 10.0. The second-order valence-electron chi connectivity index (χ2n) is 7.04. The molecule has 0 unspecified atom stereocenters. The highest BCUT2D eigenvalue weighted by atomic mass is 32.1. The quantitative estimate of drug-likeness (QED) is 0.469. The number of aromatic nitrogens is 1. The van der Waals surface area contributed by atoms with E-state index >= 15 is 0 Å². The van der Waals surface area contributed by atoms with E-state index in [0.29, 0.717) is 13.0 Å². The molecular formula is C24H28N2OS. The Hall–Kier alpha value is -2.46. The molecule has 3 aromatic rings. The SMILES string of the molecule is C=CCn1c(=NC(=O)Cc2ccc(CC)cc2)sc2cc(CCCC)ccc21. The van der Waals surface area contributed by atoms with Gasteiger partial charge in [0.2, 0.25) is 0 Å². The number of carbonyl (C=O) groups excluding carboxylic acids is 1. The normalized spacial score (nSPS) is 11.9. The van der Waals surface area contributed by atoms with Crippen LogP contribution < -0.4 is 4.80 Å². The monoisotopic (exact) mass is 392 g/mol. The fraction of sp³-hybridized carbons (Fsp3) is 0.333. The molecular weight excluding hydrogens is 364 g/mol. The van der Waals surface area contributed by atoms with Crippen LogP contribution in [-0.2, 0) is 30.6 Å². The molecule has 0 bridgehead atoms. The highest BCUT2D eigenvalue weighted by Crippen LogP contribution is 2.20. The second-order valence-corrected chi connectivity index (χ2v) is 8.05. The van der Waals surface area contributed by atoms with Crippen LogP contribution in [0.15, 0.2) is 60.1 Å². The molecule has 0 fully saturated rings. The van der Waals surface area contributed by atoms with E-state index in [9.17, 15) is 4.79 Å². The van der Waals surface area contributed by atoms with E-state index in [1.165, 1.54) is 28.7 Å². The Morgan fingerprint density at radius 1 is 1.11 bits per heavy atom. The Morgan fingerprint density at radius 3 is 2.50 bits per heavy atom. The molecule has 1 amide bonds. The summed E-state index contributed by atoms with van der Waals surface area (Å²) >= 11 is 1.58. The molecule has 0 atom stereocenters. The molecule has 0 aliphatic carbocycles. The third-order valence-electron chi connectivity index (χ3n) is 4.88. The van der Waals surface area contributed by atoms with Gasteiger partial charge in [0.05, 0.1) is 16.6 Å². The van der Waals surface area contributed by atoms with Crippen molar-refractivity contribution in [3.8, 4) is 0 Å². The number of rotatable bonds is 8. The van der Waals surface area contributed by atoms with E-state index in [1.54, 1.807) is 11.3 Å². The maximum absolute atomic E-state index is 12.6. The summed E-state index contributed by atoms with van der Waals surface area (Å²) in [6.07, 6.45) is 6.65. The van der Waals surface area contributed by atoms with Crippen molar-refractivity contribution in [2.75, 3.05) is 0 Å². The van der Waals surface area contributed by atoms with Gasteiger partial charge in [-0.1, -0.05) is 68.0 Å². The summed E-state index contributed by atoms with van der Waals surface area (Å²) in [4.78, 5) is 17.8. The molecule has 0 aliphatic rings. The van der Waals surface area contributed by atoms with Gasteiger partial charge in [0.25, 0.3) is 5.91 Å². The Balaban J connectivity index is 1.91. The fourth-order valence-corrected chi connectivity index (χ4v) is 4.38. The van der Waals surface area contributed by atoms with Crippen molar-refractivity contribution in [1.29, 1.82) is 0 Å². The van der Waals surface area contributed by atoms with Gasteiger partial charge in [-0.2, -0.15) is 4.99 Å². The molecule has 0 aliphatic heterocycles. The molecule has 2 aromatic carbocycles. The molecule has 4 heteroatoms. The smallest absolute Gasteiger partial charge is 0.252 e. The topological polar surface area (TPSA) is 34.4 Å². The second kappa shape index (κ2) is 9.65. The lowest BCUT2D eigenvalue weighted by Gasteiger charge is -2.03. The van der Waals surface area contributed by atoms with Gasteiger partial charge in [0, 0.05) is 6.54 Å². The Kier molecular flexibility index (Phi) is 6.99. The number of amides is 1. The molecule has 0 saturated heterocycles. The number of thiazole rings is 1. The zero-order valence-corrected chi connectivity index (χ0v) is 17.6. The number of carbonyl (C=O) groups is 1. The number of nitrogens with zero attached hydrogens (tertiary/aromatic N) is 2.